The number of nitrogens with zero attached hydrogens (tertiary/aromatic N) is 2. The molecule has 0 saturated carbocycles. The average molecular weight is 425 g/mol. The zero-order valence-electron chi connectivity index (χ0n) is 13.9. The highest BCUT2D eigenvalue weighted by atomic mass is 79.9. The highest BCUT2D eigenvalue weighted by Gasteiger charge is 2.22. The first kappa shape index (κ1) is 18.2. The van der Waals surface area contributed by atoms with Gasteiger partial charge in [-0.2, -0.15) is 0 Å². The molecule has 8 heteroatoms. The molecule has 0 bridgehead atoms. The van der Waals surface area contributed by atoms with E-state index in [2.05, 4.69) is 54.1 Å². The summed E-state index contributed by atoms with van der Waals surface area (Å²) in [7, 11) is -2.05. The third-order valence-electron chi connectivity index (χ3n) is 4.35. The maximum Gasteiger partial charge on any atom is 0.241 e. The second-order valence-electron chi connectivity index (χ2n) is 6.05. The summed E-state index contributed by atoms with van der Waals surface area (Å²) in [4.78, 5) is 6.74. The lowest BCUT2D eigenvalue weighted by atomic mass is 10.1. The molecule has 1 saturated heterocycles. The molecule has 2 heterocycles. The third-order valence-corrected chi connectivity index (χ3v) is 6.24. The summed E-state index contributed by atoms with van der Waals surface area (Å²) in [5, 5.41) is 3.30. The molecular formula is C17H21BrN4O2S. The van der Waals surface area contributed by atoms with Crippen molar-refractivity contribution in [2.24, 2.45) is 5.92 Å². The van der Waals surface area contributed by atoms with E-state index in [-0.39, 0.29) is 4.90 Å². The Hall–Kier alpha value is -1.64. The Morgan fingerprint density at radius 2 is 2.16 bits per heavy atom. The smallest absolute Gasteiger partial charge is 0.241 e. The van der Waals surface area contributed by atoms with Gasteiger partial charge in [0.15, 0.2) is 0 Å². The number of hydrogen-bond donors (Lipinski definition) is 2. The molecular weight excluding hydrogens is 404 g/mol. The third kappa shape index (κ3) is 4.50. The number of benzene rings is 1. The molecule has 2 aromatic rings. The SMILES string of the molecule is CNS(=O)(=O)c1ccc(NCC2CCN(c3cccc(Br)c3)C2)nc1. The van der Waals surface area contributed by atoms with Crippen molar-refractivity contribution in [3.63, 3.8) is 0 Å². The minimum atomic E-state index is -3.44. The molecule has 1 atom stereocenters. The van der Waals surface area contributed by atoms with Crippen molar-refractivity contribution >= 4 is 37.5 Å². The average Bonchev–Trinajstić information content (AvgIpc) is 3.09. The molecule has 0 amide bonds. The van der Waals surface area contributed by atoms with Gasteiger partial charge in [-0.1, -0.05) is 22.0 Å². The van der Waals surface area contributed by atoms with Gasteiger partial charge in [0.2, 0.25) is 10.0 Å². The van der Waals surface area contributed by atoms with Crippen LogP contribution in [0.5, 0.6) is 0 Å². The number of rotatable bonds is 6. The number of halogens is 1. The van der Waals surface area contributed by atoms with Gasteiger partial charge in [-0.05, 0) is 49.7 Å². The Kier molecular flexibility index (Phi) is 5.61. The Balaban J connectivity index is 1.54. The highest BCUT2D eigenvalue weighted by Crippen LogP contribution is 2.26. The van der Waals surface area contributed by atoms with Crippen molar-refractivity contribution in [2.45, 2.75) is 11.3 Å². The largest absolute Gasteiger partial charge is 0.371 e. The van der Waals surface area contributed by atoms with Gasteiger partial charge >= 0.3 is 0 Å². The zero-order valence-corrected chi connectivity index (χ0v) is 16.3. The fraction of sp³-hybridized carbons (Fsp3) is 0.353. The van der Waals surface area contributed by atoms with E-state index >= 15 is 0 Å². The van der Waals surface area contributed by atoms with E-state index in [1.165, 1.54) is 18.9 Å². The summed E-state index contributed by atoms with van der Waals surface area (Å²) < 4.78 is 26.8. The summed E-state index contributed by atoms with van der Waals surface area (Å²) in [6.45, 7) is 2.85. The summed E-state index contributed by atoms with van der Waals surface area (Å²) in [5.41, 5.74) is 1.23. The van der Waals surface area contributed by atoms with E-state index < -0.39 is 10.0 Å². The first-order valence-corrected chi connectivity index (χ1v) is 10.4. The van der Waals surface area contributed by atoms with Crippen LogP contribution < -0.4 is 14.9 Å². The van der Waals surface area contributed by atoms with Crippen LogP contribution in [-0.2, 0) is 10.0 Å². The predicted octanol–water partition coefficient (Wildman–Crippen LogP) is 2.69. The van der Waals surface area contributed by atoms with E-state index in [1.807, 2.05) is 6.07 Å². The van der Waals surface area contributed by atoms with Gasteiger partial charge in [0.25, 0.3) is 0 Å². The number of sulfonamides is 1. The van der Waals surface area contributed by atoms with Crippen LogP contribution in [0.25, 0.3) is 0 Å². The van der Waals surface area contributed by atoms with Crippen molar-refractivity contribution < 1.29 is 8.42 Å². The molecule has 1 fully saturated rings. The molecule has 0 aliphatic carbocycles. The second-order valence-corrected chi connectivity index (χ2v) is 8.85. The molecule has 1 unspecified atom stereocenters. The normalized spacial score (nSPS) is 17.7. The molecule has 134 valence electrons. The van der Waals surface area contributed by atoms with Crippen LogP contribution in [0.1, 0.15) is 6.42 Å². The topological polar surface area (TPSA) is 74.3 Å². The molecule has 0 radical (unpaired) electrons. The van der Waals surface area contributed by atoms with E-state index in [0.717, 1.165) is 30.5 Å². The lowest BCUT2D eigenvalue weighted by Crippen LogP contribution is -2.22. The monoisotopic (exact) mass is 424 g/mol. The first-order valence-electron chi connectivity index (χ1n) is 8.12. The van der Waals surface area contributed by atoms with Crippen LogP contribution in [0.3, 0.4) is 0 Å². The van der Waals surface area contributed by atoms with Gasteiger partial charge in [-0.3, -0.25) is 0 Å². The molecule has 3 rings (SSSR count). The Labute approximate surface area is 156 Å². The Morgan fingerprint density at radius 1 is 1.32 bits per heavy atom. The van der Waals surface area contributed by atoms with Crippen LogP contribution in [0, 0.1) is 5.92 Å². The number of anilines is 2. The van der Waals surface area contributed by atoms with Crippen LogP contribution in [0.15, 0.2) is 52.0 Å². The van der Waals surface area contributed by atoms with Crippen molar-refractivity contribution in [3.8, 4) is 0 Å². The molecule has 2 N–H and O–H groups in total. The predicted molar refractivity (Wildman–Crippen MR) is 103 cm³/mol. The second kappa shape index (κ2) is 7.72. The highest BCUT2D eigenvalue weighted by molar-refractivity contribution is 9.10. The van der Waals surface area contributed by atoms with Gasteiger partial charge in [-0.25, -0.2) is 18.1 Å². The molecule has 0 spiro atoms. The molecule has 1 aromatic carbocycles. The van der Waals surface area contributed by atoms with Crippen LogP contribution in [0.2, 0.25) is 0 Å². The van der Waals surface area contributed by atoms with Crippen LogP contribution >= 0.6 is 15.9 Å². The fourth-order valence-electron chi connectivity index (χ4n) is 2.92. The van der Waals surface area contributed by atoms with Crippen molar-refractivity contribution in [2.75, 3.05) is 36.9 Å². The van der Waals surface area contributed by atoms with Crippen LogP contribution in [-0.4, -0.2) is 40.1 Å². The number of hydrogen-bond acceptors (Lipinski definition) is 5. The number of pyridine rings is 1. The standard InChI is InChI=1S/C17H21BrN4O2S/c1-19-25(23,24)16-5-6-17(21-11-16)20-10-13-7-8-22(12-13)15-4-2-3-14(18)9-15/h2-6,9,11,13,19H,7-8,10,12H2,1H3,(H,20,21). The minimum Gasteiger partial charge on any atom is -0.371 e. The molecule has 25 heavy (non-hydrogen) atoms. The first-order chi connectivity index (χ1) is 12.0. The molecule has 6 nitrogen and oxygen atoms in total. The van der Waals surface area contributed by atoms with Gasteiger partial charge in [0.05, 0.1) is 0 Å². The Bertz CT molecular complexity index is 827. The van der Waals surface area contributed by atoms with E-state index in [9.17, 15) is 8.42 Å². The van der Waals surface area contributed by atoms with E-state index in [0.29, 0.717) is 11.7 Å². The Morgan fingerprint density at radius 3 is 2.84 bits per heavy atom. The summed E-state index contributed by atoms with van der Waals surface area (Å²) in [6.07, 6.45) is 2.49. The molecule has 1 aromatic heterocycles. The number of nitrogens with one attached hydrogen (secondary N) is 2. The summed E-state index contributed by atoms with van der Waals surface area (Å²) in [6, 6.07) is 11.6. The van der Waals surface area contributed by atoms with Gasteiger partial charge in [0, 0.05) is 36.0 Å². The maximum atomic E-state index is 11.7. The summed E-state index contributed by atoms with van der Waals surface area (Å²) >= 11 is 3.52. The summed E-state index contributed by atoms with van der Waals surface area (Å²) in [5.74, 6) is 1.22. The van der Waals surface area contributed by atoms with E-state index in [1.54, 1.807) is 12.1 Å². The van der Waals surface area contributed by atoms with Crippen LogP contribution in [0.4, 0.5) is 11.5 Å². The lowest BCUT2D eigenvalue weighted by Gasteiger charge is -2.19. The van der Waals surface area contributed by atoms with Crippen molar-refractivity contribution in [1.82, 2.24) is 9.71 Å². The maximum absolute atomic E-state index is 11.7. The van der Waals surface area contributed by atoms with Crippen molar-refractivity contribution in [1.29, 1.82) is 0 Å². The quantitative estimate of drug-likeness (QED) is 0.745. The van der Waals surface area contributed by atoms with Gasteiger partial charge in [-0.15, -0.1) is 0 Å². The number of aromatic nitrogens is 1. The van der Waals surface area contributed by atoms with Gasteiger partial charge in [0.1, 0.15) is 10.7 Å². The lowest BCUT2D eigenvalue weighted by molar-refractivity contribution is 0.588. The molecule has 1 aliphatic rings. The molecule has 1 aliphatic heterocycles. The van der Waals surface area contributed by atoms with Gasteiger partial charge < -0.3 is 10.2 Å². The van der Waals surface area contributed by atoms with Crippen molar-refractivity contribution in [3.05, 3.63) is 47.1 Å². The van der Waals surface area contributed by atoms with E-state index in [4.69, 9.17) is 0 Å². The zero-order chi connectivity index (χ0) is 17.9. The minimum absolute atomic E-state index is 0.169. The fourth-order valence-corrected chi connectivity index (χ4v) is 3.98.